The van der Waals surface area contributed by atoms with Crippen molar-refractivity contribution < 1.29 is 21.6 Å². The smallest absolute Gasteiger partial charge is 0.375 e. The highest BCUT2D eigenvalue weighted by molar-refractivity contribution is 7.91. The largest absolute Gasteiger partial charge is 0.417 e. The molecule has 0 unspecified atom stereocenters. The zero-order valence-electron chi connectivity index (χ0n) is 12.3. The Morgan fingerprint density at radius 3 is 2.08 bits per heavy atom. The van der Waals surface area contributed by atoms with Gasteiger partial charge in [0.1, 0.15) is 0 Å². The van der Waals surface area contributed by atoms with Crippen molar-refractivity contribution >= 4 is 44.5 Å². The van der Waals surface area contributed by atoms with Gasteiger partial charge in [-0.1, -0.05) is 11.6 Å². The van der Waals surface area contributed by atoms with Crippen molar-refractivity contribution in [3.8, 4) is 0 Å². The van der Waals surface area contributed by atoms with Gasteiger partial charge in [-0.3, -0.25) is 5.01 Å². The predicted octanol–water partition coefficient (Wildman–Crippen LogP) is 3.12. The molecule has 2 aromatic carbocycles. The van der Waals surface area contributed by atoms with Crippen LogP contribution in [0.1, 0.15) is 5.56 Å². The average molecular weight is 410 g/mol. The molecule has 2 rings (SSSR count). The molecule has 0 saturated carbocycles. The van der Waals surface area contributed by atoms with Gasteiger partial charge in [-0.25, -0.2) is 14.3 Å². The number of sulfone groups is 1. The summed E-state index contributed by atoms with van der Waals surface area (Å²) >= 11 is 10.2. The van der Waals surface area contributed by atoms with Crippen molar-refractivity contribution in [3.63, 3.8) is 0 Å². The molecule has 0 saturated heterocycles. The lowest BCUT2D eigenvalue weighted by molar-refractivity contribution is -0.137. The molecule has 5 nitrogen and oxygen atoms in total. The molecule has 0 bridgehead atoms. The normalized spacial score (nSPS) is 12.0. The summed E-state index contributed by atoms with van der Waals surface area (Å²) in [5, 5.41) is 0.232. The summed E-state index contributed by atoms with van der Waals surface area (Å²) in [6, 6.07) is 7.41. The molecule has 4 N–H and O–H groups in total. The first-order chi connectivity index (χ1) is 11.4. The van der Waals surface area contributed by atoms with Crippen LogP contribution in [0.25, 0.3) is 0 Å². The van der Waals surface area contributed by atoms with Crippen LogP contribution in [0.4, 0.5) is 18.9 Å². The molecule has 0 spiro atoms. The van der Waals surface area contributed by atoms with Crippen LogP contribution in [0, 0.1) is 0 Å². The summed E-state index contributed by atoms with van der Waals surface area (Å²) in [7, 11) is -4.18. The minimum absolute atomic E-state index is 0.136. The molecule has 0 aromatic heterocycles. The number of hydrazine groups is 1. The second-order valence-corrected chi connectivity index (χ2v) is 7.62. The lowest BCUT2D eigenvalue weighted by Gasteiger charge is -2.16. The standard InChI is InChI=1S/C14H11ClF3N3O2S2/c15-12-6-5-10(7-11(12)14(16,17)18)25(22,23)9-3-1-8(2-4-9)21(20)13(19)24/h1-7H,20H2,(H2,19,24). The Hall–Kier alpha value is -1.88. The molecule has 0 aliphatic carbocycles. The van der Waals surface area contributed by atoms with E-state index in [2.05, 4.69) is 12.2 Å². The van der Waals surface area contributed by atoms with Gasteiger partial charge >= 0.3 is 6.18 Å². The first kappa shape index (κ1) is 19.4. The minimum atomic E-state index is -4.77. The molecule has 134 valence electrons. The summed E-state index contributed by atoms with van der Waals surface area (Å²) in [6.45, 7) is 0. The molecular formula is C14H11ClF3N3O2S2. The van der Waals surface area contributed by atoms with E-state index in [9.17, 15) is 21.6 Å². The highest BCUT2D eigenvalue weighted by Crippen LogP contribution is 2.37. The van der Waals surface area contributed by atoms with Crippen LogP contribution in [0.3, 0.4) is 0 Å². The van der Waals surface area contributed by atoms with Crippen molar-refractivity contribution in [2.24, 2.45) is 11.6 Å². The van der Waals surface area contributed by atoms with Gasteiger partial charge in [-0.2, -0.15) is 13.2 Å². The Balaban J connectivity index is 2.48. The van der Waals surface area contributed by atoms with Crippen LogP contribution in [-0.2, 0) is 16.0 Å². The number of rotatable bonds is 3. The average Bonchev–Trinajstić information content (AvgIpc) is 2.53. The lowest BCUT2D eigenvalue weighted by atomic mass is 10.2. The van der Waals surface area contributed by atoms with Crippen LogP contribution in [-0.4, -0.2) is 13.5 Å². The third kappa shape index (κ3) is 4.03. The maximum Gasteiger partial charge on any atom is 0.417 e. The third-order valence-corrected chi connectivity index (χ3v) is 5.51. The molecule has 0 aliphatic rings. The van der Waals surface area contributed by atoms with Crippen LogP contribution in [0.2, 0.25) is 5.02 Å². The fourth-order valence-electron chi connectivity index (χ4n) is 1.94. The summed E-state index contributed by atoms with van der Waals surface area (Å²) in [5.74, 6) is 5.57. The van der Waals surface area contributed by atoms with Crippen LogP contribution < -0.4 is 16.6 Å². The first-order valence-corrected chi connectivity index (χ1v) is 8.77. The number of thiocarbonyl (C=S) groups is 1. The zero-order chi connectivity index (χ0) is 19.0. The van der Waals surface area contributed by atoms with E-state index in [0.29, 0.717) is 11.8 Å². The van der Waals surface area contributed by atoms with Gasteiger partial charge in [0.05, 0.1) is 26.1 Å². The summed E-state index contributed by atoms with van der Waals surface area (Å²) in [4.78, 5) is -0.751. The first-order valence-electron chi connectivity index (χ1n) is 6.51. The number of nitrogens with zero attached hydrogens (tertiary/aromatic N) is 1. The molecule has 0 amide bonds. The monoisotopic (exact) mass is 409 g/mol. The zero-order valence-corrected chi connectivity index (χ0v) is 14.7. The number of anilines is 1. The molecule has 0 aliphatic heterocycles. The number of benzene rings is 2. The number of alkyl halides is 3. The van der Waals surface area contributed by atoms with Crippen molar-refractivity contribution in [1.82, 2.24) is 0 Å². The van der Waals surface area contributed by atoms with E-state index >= 15 is 0 Å². The summed E-state index contributed by atoms with van der Waals surface area (Å²) in [5.41, 5.74) is 4.44. The number of halogens is 4. The van der Waals surface area contributed by atoms with E-state index in [-0.39, 0.29) is 10.0 Å². The van der Waals surface area contributed by atoms with Crippen LogP contribution >= 0.6 is 23.8 Å². The highest BCUT2D eigenvalue weighted by Gasteiger charge is 2.34. The lowest BCUT2D eigenvalue weighted by Crippen LogP contribution is -2.41. The molecule has 0 heterocycles. The van der Waals surface area contributed by atoms with Gasteiger partial charge in [0.25, 0.3) is 0 Å². The third-order valence-electron chi connectivity index (χ3n) is 3.22. The van der Waals surface area contributed by atoms with E-state index in [1.54, 1.807) is 0 Å². The van der Waals surface area contributed by atoms with E-state index in [1.807, 2.05) is 0 Å². The second-order valence-electron chi connectivity index (χ2n) is 4.84. The number of hydrogen-bond donors (Lipinski definition) is 2. The number of hydrogen-bond acceptors (Lipinski definition) is 4. The Bertz CT molecular complexity index is 916. The summed E-state index contributed by atoms with van der Waals surface area (Å²) < 4.78 is 63.8. The van der Waals surface area contributed by atoms with Crippen molar-refractivity contribution in [2.75, 3.05) is 5.01 Å². The SMILES string of the molecule is NC(=S)N(N)c1ccc(S(=O)(=O)c2ccc(Cl)c(C(F)(F)F)c2)cc1. The van der Waals surface area contributed by atoms with Crippen LogP contribution in [0.15, 0.2) is 52.3 Å². The second kappa shape index (κ2) is 6.79. The van der Waals surface area contributed by atoms with Gasteiger partial charge in [0.2, 0.25) is 9.84 Å². The van der Waals surface area contributed by atoms with Gasteiger partial charge in [-0.05, 0) is 54.7 Å². The topological polar surface area (TPSA) is 89.4 Å². The molecule has 25 heavy (non-hydrogen) atoms. The minimum Gasteiger partial charge on any atom is -0.375 e. The van der Waals surface area contributed by atoms with Crippen molar-refractivity contribution in [1.29, 1.82) is 0 Å². The molecule has 0 radical (unpaired) electrons. The van der Waals surface area contributed by atoms with Crippen molar-refractivity contribution in [3.05, 3.63) is 53.1 Å². The quantitative estimate of drug-likeness (QED) is 0.460. The highest BCUT2D eigenvalue weighted by atomic mass is 35.5. The summed E-state index contributed by atoms with van der Waals surface area (Å²) in [6.07, 6.45) is -4.77. The maximum absolute atomic E-state index is 12.9. The van der Waals surface area contributed by atoms with Gasteiger partial charge in [0, 0.05) is 0 Å². The van der Waals surface area contributed by atoms with Crippen LogP contribution in [0.5, 0.6) is 0 Å². The Kier molecular flexibility index (Phi) is 5.28. The van der Waals surface area contributed by atoms with Crippen molar-refractivity contribution in [2.45, 2.75) is 16.0 Å². The molecule has 2 aromatic rings. The van der Waals surface area contributed by atoms with E-state index in [4.69, 9.17) is 23.2 Å². The van der Waals surface area contributed by atoms with E-state index in [1.165, 1.54) is 24.3 Å². The number of nitrogens with two attached hydrogens (primary N) is 2. The van der Waals surface area contributed by atoms with E-state index in [0.717, 1.165) is 17.1 Å². The van der Waals surface area contributed by atoms with Gasteiger partial charge < -0.3 is 5.73 Å². The Labute approximate surface area is 151 Å². The Morgan fingerprint density at radius 2 is 1.60 bits per heavy atom. The molecule has 0 fully saturated rings. The Morgan fingerprint density at radius 1 is 1.08 bits per heavy atom. The van der Waals surface area contributed by atoms with E-state index < -0.39 is 31.5 Å². The fraction of sp³-hybridized carbons (Fsp3) is 0.0714. The predicted molar refractivity (Wildman–Crippen MR) is 91.8 cm³/mol. The van der Waals surface area contributed by atoms with Gasteiger partial charge in [0.15, 0.2) is 5.11 Å². The molecule has 11 heteroatoms. The maximum atomic E-state index is 12.9. The fourth-order valence-corrected chi connectivity index (χ4v) is 3.55. The van der Waals surface area contributed by atoms with Gasteiger partial charge in [-0.15, -0.1) is 0 Å². The molecule has 0 atom stereocenters. The molecular weight excluding hydrogens is 399 g/mol.